The smallest absolute Gasteiger partial charge is 0.261 e. The molecule has 1 saturated heterocycles. The lowest BCUT2D eigenvalue weighted by atomic mass is 10.1. The predicted molar refractivity (Wildman–Crippen MR) is 121 cm³/mol. The van der Waals surface area contributed by atoms with E-state index in [0.29, 0.717) is 13.0 Å². The van der Waals surface area contributed by atoms with E-state index in [1.807, 2.05) is 26.0 Å². The number of rotatable bonds is 6. The van der Waals surface area contributed by atoms with E-state index >= 15 is 0 Å². The van der Waals surface area contributed by atoms with Crippen LogP contribution in [0, 0.1) is 12.3 Å². The SMILES string of the molecule is C#CC[C@H](O[Si](c1ccccc1)(c1ccccc1)C(C)(C)C)[C@H]1COC(C)(C)O1. The molecule has 0 saturated carbocycles. The third-order valence-corrected chi connectivity index (χ3v) is 10.6. The molecule has 0 spiro atoms. The van der Waals surface area contributed by atoms with Gasteiger partial charge in [-0.1, -0.05) is 81.4 Å². The molecule has 0 aromatic heterocycles. The van der Waals surface area contributed by atoms with Crippen LogP contribution in [0.3, 0.4) is 0 Å². The maximum Gasteiger partial charge on any atom is 0.261 e. The summed E-state index contributed by atoms with van der Waals surface area (Å²) < 4.78 is 19.2. The highest BCUT2D eigenvalue weighted by molar-refractivity contribution is 6.99. The highest BCUT2D eigenvalue weighted by Gasteiger charge is 2.53. The first-order valence-electron chi connectivity index (χ1n) is 10.2. The van der Waals surface area contributed by atoms with Crippen molar-refractivity contribution in [2.75, 3.05) is 6.61 Å². The molecule has 154 valence electrons. The summed E-state index contributed by atoms with van der Waals surface area (Å²) in [6.45, 7) is 11.1. The minimum Gasteiger partial charge on any atom is -0.401 e. The predicted octanol–water partition coefficient (Wildman–Crippen LogP) is 4.11. The fourth-order valence-corrected chi connectivity index (χ4v) is 8.89. The Morgan fingerprint density at radius 3 is 1.97 bits per heavy atom. The first-order chi connectivity index (χ1) is 13.7. The number of ether oxygens (including phenoxy) is 2. The Morgan fingerprint density at radius 1 is 1.07 bits per heavy atom. The molecule has 4 heteroatoms. The molecule has 1 heterocycles. The van der Waals surface area contributed by atoms with Crippen LogP contribution in [0.5, 0.6) is 0 Å². The van der Waals surface area contributed by atoms with Crippen molar-refractivity contribution >= 4 is 18.7 Å². The van der Waals surface area contributed by atoms with Crippen molar-refractivity contribution in [2.45, 2.75) is 64.1 Å². The summed E-state index contributed by atoms with van der Waals surface area (Å²) in [6.07, 6.45) is 5.81. The van der Waals surface area contributed by atoms with Gasteiger partial charge in [0.25, 0.3) is 8.32 Å². The lowest BCUT2D eigenvalue weighted by molar-refractivity contribution is -0.149. The summed E-state index contributed by atoms with van der Waals surface area (Å²) in [4.78, 5) is 0. The Balaban J connectivity index is 2.13. The fraction of sp³-hybridized carbons (Fsp3) is 0.440. The Morgan fingerprint density at radius 2 is 1.59 bits per heavy atom. The molecule has 2 aromatic carbocycles. The lowest BCUT2D eigenvalue weighted by Gasteiger charge is -2.45. The molecule has 0 aliphatic carbocycles. The molecule has 0 amide bonds. The minimum atomic E-state index is -2.69. The maximum absolute atomic E-state index is 7.18. The quantitative estimate of drug-likeness (QED) is 0.532. The first-order valence-corrected chi connectivity index (χ1v) is 12.1. The Labute approximate surface area is 176 Å². The molecule has 2 atom stereocenters. The van der Waals surface area contributed by atoms with E-state index in [1.54, 1.807) is 0 Å². The van der Waals surface area contributed by atoms with Crippen LogP contribution in [0.1, 0.15) is 41.0 Å². The second-order valence-electron chi connectivity index (χ2n) is 9.09. The van der Waals surface area contributed by atoms with Crippen LogP contribution in [0.15, 0.2) is 60.7 Å². The number of hydrogen-bond acceptors (Lipinski definition) is 3. The zero-order valence-corrected chi connectivity index (χ0v) is 19.1. The average Bonchev–Trinajstić information content (AvgIpc) is 3.05. The number of hydrogen-bond donors (Lipinski definition) is 0. The van der Waals surface area contributed by atoms with E-state index in [0.717, 1.165) is 0 Å². The second-order valence-corrected chi connectivity index (χ2v) is 13.3. The largest absolute Gasteiger partial charge is 0.401 e. The highest BCUT2D eigenvalue weighted by atomic mass is 28.4. The van der Waals surface area contributed by atoms with Crippen LogP contribution in [0.25, 0.3) is 0 Å². The normalized spacial score (nSPS) is 20.2. The van der Waals surface area contributed by atoms with Gasteiger partial charge in [-0.05, 0) is 29.3 Å². The van der Waals surface area contributed by atoms with Gasteiger partial charge in [-0.2, -0.15) is 0 Å². The van der Waals surface area contributed by atoms with Crippen LogP contribution in [0.4, 0.5) is 0 Å². The third kappa shape index (κ3) is 4.49. The maximum atomic E-state index is 7.18. The van der Waals surface area contributed by atoms with Crippen molar-refractivity contribution in [3.8, 4) is 12.3 Å². The van der Waals surface area contributed by atoms with Crippen molar-refractivity contribution in [1.29, 1.82) is 0 Å². The van der Waals surface area contributed by atoms with Crippen molar-refractivity contribution in [3.63, 3.8) is 0 Å². The van der Waals surface area contributed by atoms with Crippen molar-refractivity contribution in [1.82, 2.24) is 0 Å². The Hall–Kier alpha value is -1.90. The molecule has 0 radical (unpaired) electrons. The van der Waals surface area contributed by atoms with E-state index in [2.05, 4.69) is 75.2 Å². The summed E-state index contributed by atoms with van der Waals surface area (Å²) >= 11 is 0. The van der Waals surface area contributed by atoms with Gasteiger partial charge >= 0.3 is 0 Å². The molecular weight excluding hydrogens is 376 g/mol. The van der Waals surface area contributed by atoms with E-state index in [1.165, 1.54) is 10.4 Å². The van der Waals surface area contributed by atoms with Crippen LogP contribution in [0.2, 0.25) is 5.04 Å². The molecule has 3 rings (SSSR count). The van der Waals surface area contributed by atoms with Crippen molar-refractivity contribution < 1.29 is 13.9 Å². The van der Waals surface area contributed by atoms with E-state index in [4.69, 9.17) is 20.3 Å². The monoisotopic (exact) mass is 408 g/mol. The van der Waals surface area contributed by atoms with Gasteiger partial charge in [0.05, 0.1) is 12.7 Å². The van der Waals surface area contributed by atoms with Gasteiger partial charge in [0.15, 0.2) is 5.79 Å². The topological polar surface area (TPSA) is 27.7 Å². The average molecular weight is 409 g/mol. The summed E-state index contributed by atoms with van der Waals surface area (Å²) in [5, 5.41) is 2.36. The van der Waals surface area contributed by atoms with Crippen molar-refractivity contribution in [2.24, 2.45) is 0 Å². The summed E-state index contributed by atoms with van der Waals surface area (Å²) in [6, 6.07) is 21.2. The van der Waals surface area contributed by atoms with Gasteiger partial charge < -0.3 is 13.9 Å². The molecular formula is C25H32O3Si. The lowest BCUT2D eigenvalue weighted by Crippen LogP contribution is -2.68. The second kappa shape index (κ2) is 8.45. The Bertz CT molecular complexity index is 794. The molecule has 1 aliphatic heterocycles. The van der Waals surface area contributed by atoms with Crippen LogP contribution < -0.4 is 10.4 Å². The van der Waals surface area contributed by atoms with Gasteiger partial charge in [0.1, 0.15) is 6.10 Å². The summed E-state index contributed by atoms with van der Waals surface area (Å²) in [7, 11) is -2.69. The number of terminal acetylenes is 1. The van der Waals surface area contributed by atoms with E-state index in [-0.39, 0.29) is 17.2 Å². The summed E-state index contributed by atoms with van der Waals surface area (Å²) in [5.41, 5.74) is 0. The Kier molecular flexibility index (Phi) is 6.35. The molecule has 2 aromatic rings. The van der Waals surface area contributed by atoms with Crippen molar-refractivity contribution in [3.05, 3.63) is 60.7 Å². The molecule has 29 heavy (non-hydrogen) atoms. The fourth-order valence-electron chi connectivity index (χ4n) is 4.18. The zero-order valence-electron chi connectivity index (χ0n) is 18.1. The molecule has 0 unspecified atom stereocenters. The molecule has 1 aliphatic rings. The van der Waals surface area contributed by atoms with Gasteiger partial charge in [-0.15, -0.1) is 12.3 Å². The van der Waals surface area contributed by atoms with Gasteiger partial charge in [-0.3, -0.25) is 0 Å². The molecule has 1 fully saturated rings. The van der Waals surface area contributed by atoms with Gasteiger partial charge in [0.2, 0.25) is 0 Å². The number of benzene rings is 2. The minimum absolute atomic E-state index is 0.114. The van der Waals surface area contributed by atoms with Gasteiger partial charge in [0, 0.05) is 6.42 Å². The zero-order chi connectivity index (χ0) is 21.1. The molecule has 3 nitrogen and oxygen atoms in total. The van der Waals surface area contributed by atoms with Crippen LogP contribution >= 0.6 is 0 Å². The third-order valence-electron chi connectivity index (χ3n) is 5.51. The van der Waals surface area contributed by atoms with E-state index in [9.17, 15) is 0 Å². The van der Waals surface area contributed by atoms with E-state index < -0.39 is 14.1 Å². The molecule has 0 bridgehead atoms. The van der Waals surface area contributed by atoms with Crippen LogP contribution in [-0.4, -0.2) is 32.9 Å². The van der Waals surface area contributed by atoms with Crippen LogP contribution in [-0.2, 0) is 13.9 Å². The first kappa shape index (κ1) is 21.8. The standard InChI is InChI=1S/C25H32O3Si/c1-7-14-22(23-19-26-25(5,6)27-23)28-29(24(2,3)4,20-15-10-8-11-16-20)21-17-12-9-13-18-21/h1,8-13,15-18,22-23H,14,19H2,2-6H3/t22-,23+/m0/s1. The highest BCUT2D eigenvalue weighted by Crippen LogP contribution is 2.39. The molecule has 0 N–H and O–H groups in total. The summed E-state index contributed by atoms with van der Waals surface area (Å²) in [5.74, 6) is 2.19. The van der Waals surface area contributed by atoms with Gasteiger partial charge in [-0.25, -0.2) is 0 Å².